The Balaban J connectivity index is 0.00000392. The van der Waals surface area contributed by atoms with Crippen LogP contribution in [0.1, 0.15) is 158 Å². The molecule has 0 saturated heterocycles. The van der Waals surface area contributed by atoms with Gasteiger partial charge >= 0.3 is 36.3 Å². The van der Waals surface area contributed by atoms with Crippen molar-refractivity contribution in [3.8, 4) is 17.2 Å². The van der Waals surface area contributed by atoms with E-state index in [9.17, 15) is 0 Å². The van der Waals surface area contributed by atoms with Gasteiger partial charge in [0, 0.05) is 16.9 Å². The van der Waals surface area contributed by atoms with Crippen LogP contribution in [0.5, 0.6) is 17.2 Å². The standard InChI is InChI=1S/C42H62O3P.ClH.Pd/c1-37(2,3)28-19-22-34(31(25-28)40(10,11)12)43-46(44-35-23-20-29(38(4,5)6)26-32(35)41(13,14)15)45-36-24-21-30(39(7,8)9)27-33(36)42(16,17)18;;/h19-23,25-27H,1-18H3;1H;/q-1;;+2/p-1. The average Bonchev–Trinajstić information content (AvgIpc) is 2.91. The van der Waals surface area contributed by atoms with E-state index >= 15 is 0 Å². The number of hydrogen-bond acceptors (Lipinski definition) is 3. The van der Waals surface area contributed by atoms with E-state index in [1.54, 1.807) is 0 Å². The van der Waals surface area contributed by atoms with Gasteiger partial charge in [-0.25, -0.2) is 0 Å². The van der Waals surface area contributed by atoms with Crippen LogP contribution in [0.15, 0.2) is 48.5 Å². The van der Waals surface area contributed by atoms with Crippen LogP contribution in [-0.2, 0) is 50.7 Å². The molecule has 6 heteroatoms. The number of rotatable bonds is 6. The first-order chi connectivity index (χ1) is 21.6. The number of benzene rings is 3. The van der Waals surface area contributed by atoms with Crippen molar-refractivity contribution >= 4 is 18.1 Å². The molecule has 0 amide bonds. The van der Waals surface area contributed by atoms with Crippen molar-refractivity contribution < 1.29 is 31.8 Å². The van der Waals surface area contributed by atoms with Gasteiger partial charge in [0.1, 0.15) is 11.5 Å². The second kappa shape index (κ2) is 15.4. The van der Waals surface area contributed by atoms with Crippen molar-refractivity contribution in [1.82, 2.24) is 0 Å². The molecule has 0 N–H and O–H groups in total. The molecule has 3 aromatic carbocycles. The van der Waals surface area contributed by atoms with E-state index in [2.05, 4.69) is 207 Å². The van der Waals surface area contributed by atoms with Crippen molar-refractivity contribution in [2.45, 2.75) is 157 Å². The van der Waals surface area contributed by atoms with Gasteiger partial charge in [0.05, 0.1) is 0 Å². The maximum absolute atomic E-state index is 6.88. The normalized spacial score (nSPS) is 13.2. The van der Waals surface area contributed by atoms with Crippen LogP contribution in [-0.4, -0.2) is 0 Å². The molecule has 0 unspecified atom stereocenters. The topological polar surface area (TPSA) is 27.7 Å². The van der Waals surface area contributed by atoms with Gasteiger partial charge in [-0.05, 0) is 44.9 Å². The SMILES string of the molecule is CC(C)(C)c1c[c-]c(OP(Oc2ccc(C(C)(C)C)cc2C(C)(C)C)Oc2ccc(C(C)(C)C)cc2C(C)(C)C)c(C(C)(C)C)c1.[Cl][Pd+]. The second-order valence-electron chi connectivity index (χ2n) is 19.1. The molecule has 270 valence electrons. The van der Waals surface area contributed by atoms with E-state index in [0.29, 0.717) is 5.75 Å². The molecule has 3 aromatic rings. The van der Waals surface area contributed by atoms with Gasteiger partial charge in [-0.3, -0.25) is 0 Å². The summed E-state index contributed by atoms with van der Waals surface area (Å²) in [6.07, 6.45) is 0. The van der Waals surface area contributed by atoms with Crippen molar-refractivity contribution in [2.24, 2.45) is 0 Å². The van der Waals surface area contributed by atoms with E-state index in [-0.39, 0.29) is 32.5 Å². The summed E-state index contributed by atoms with van der Waals surface area (Å²) in [5, 5.41) is 0. The van der Waals surface area contributed by atoms with Crippen molar-refractivity contribution in [3.05, 3.63) is 88.0 Å². The predicted octanol–water partition coefficient (Wildman–Crippen LogP) is 13.7. The third-order valence-electron chi connectivity index (χ3n) is 8.40. The molecule has 0 heterocycles. The van der Waals surface area contributed by atoms with Crippen molar-refractivity contribution in [2.75, 3.05) is 0 Å². The Bertz CT molecular complexity index is 1340. The summed E-state index contributed by atoms with van der Waals surface area (Å²) in [6.45, 7) is 40.2. The van der Waals surface area contributed by atoms with Gasteiger partial charge in [0.25, 0.3) is 0 Å². The molecular weight excluding hydrogens is 725 g/mol. The van der Waals surface area contributed by atoms with Gasteiger partial charge in [-0.15, -0.1) is 11.6 Å². The first-order valence-electron chi connectivity index (χ1n) is 16.9. The van der Waals surface area contributed by atoms with E-state index in [0.717, 1.165) is 28.2 Å². The Hall–Kier alpha value is -1.56. The summed E-state index contributed by atoms with van der Waals surface area (Å²) < 4.78 is 20.6. The molecule has 3 nitrogen and oxygen atoms in total. The molecule has 0 aliphatic heterocycles. The van der Waals surface area contributed by atoms with Crippen LogP contribution in [0.2, 0.25) is 0 Å². The Morgan fingerprint density at radius 2 is 0.792 bits per heavy atom. The Morgan fingerprint density at radius 3 is 1.10 bits per heavy atom. The van der Waals surface area contributed by atoms with Crippen LogP contribution >= 0.6 is 18.1 Å². The molecule has 0 saturated carbocycles. The minimum atomic E-state index is -1.92. The van der Waals surface area contributed by atoms with Crippen LogP contribution in [0, 0.1) is 6.07 Å². The van der Waals surface area contributed by atoms with Gasteiger partial charge < -0.3 is 13.6 Å². The predicted molar refractivity (Wildman–Crippen MR) is 205 cm³/mol. The molecule has 0 radical (unpaired) electrons. The summed E-state index contributed by atoms with van der Waals surface area (Å²) in [6, 6.07) is 20.9. The van der Waals surface area contributed by atoms with E-state index in [1.165, 1.54) is 16.7 Å². The van der Waals surface area contributed by atoms with Crippen LogP contribution in [0.4, 0.5) is 0 Å². The minimum absolute atomic E-state index is 0.0120. The zero-order chi connectivity index (χ0) is 37.3. The average molecular weight is 788 g/mol. The molecule has 3 rings (SSSR count). The van der Waals surface area contributed by atoms with Crippen molar-refractivity contribution in [3.63, 3.8) is 0 Å². The van der Waals surface area contributed by atoms with Gasteiger partial charge in [-0.1, -0.05) is 160 Å². The summed E-state index contributed by atoms with van der Waals surface area (Å²) >= 11 is 2.22. The Kier molecular flexibility index (Phi) is 13.6. The first-order valence-corrected chi connectivity index (χ1v) is 20.0. The summed E-state index contributed by atoms with van der Waals surface area (Å²) in [5.74, 6) is 2.22. The van der Waals surface area contributed by atoms with E-state index < -0.39 is 8.60 Å². The molecule has 48 heavy (non-hydrogen) atoms. The van der Waals surface area contributed by atoms with E-state index in [1.807, 2.05) is 0 Å². The third kappa shape index (κ3) is 11.5. The molecule has 0 atom stereocenters. The molecular formula is C42H62ClO3PPd. The third-order valence-corrected chi connectivity index (χ3v) is 9.42. The molecule has 0 aliphatic rings. The fourth-order valence-electron chi connectivity index (χ4n) is 5.16. The number of hydrogen-bond donors (Lipinski definition) is 0. The maximum atomic E-state index is 6.88. The first kappa shape index (κ1) is 42.6. The second-order valence-corrected chi connectivity index (χ2v) is 20.0. The summed E-state index contributed by atoms with van der Waals surface area (Å²) in [7, 11) is 2.56. The monoisotopic (exact) mass is 786 g/mol. The van der Waals surface area contributed by atoms with Crippen LogP contribution in [0.3, 0.4) is 0 Å². The number of halogens is 1. The quantitative estimate of drug-likeness (QED) is 0.141. The zero-order valence-electron chi connectivity index (χ0n) is 33.0. The molecule has 0 aliphatic carbocycles. The van der Waals surface area contributed by atoms with E-state index in [4.69, 9.17) is 13.6 Å². The molecule has 0 fully saturated rings. The molecule has 0 spiro atoms. The summed E-state index contributed by atoms with van der Waals surface area (Å²) in [4.78, 5) is 0. The summed E-state index contributed by atoms with van der Waals surface area (Å²) in [5.41, 5.74) is 6.62. The fourth-order valence-corrected chi connectivity index (χ4v) is 6.22. The van der Waals surface area contributed by atoms with Gasteiger partial charge in [0.2, 0.25) is 0 Å². The van der Waals surface area contributed by atoms with Crippen molar-refractivity contribution in [1.29, 1.82) is 0 Å². The van der Waals surface area contributed by atoms with Gasteiger partial charge in [0.15, 0.2) is 0 Å². The molecule has 0 bridgehead atoms. The zero-order valence-corrected chi connectivity index (χ0v) is 36.2. The van der Waals surface area contributed by atoms with Crippen LogP contribution < -0.4 is 13.6 Å². The molecule has 0 aromatic heterocycles. The van der Waals surface area contributed by atoms with Crippen LogP contribution in [0.25, 0.3) is 0 Å². The Morgan fingerprint density at radius 1 is 0.458 bits per heavy atom. The van der Waals surface area contributed by atoms with Gasteiger partial charge in [-0.2, -0.15) is 17.7 Å². The Labute approximate surface area is 310 Å². The fraction of sp³-hybridized carbons (Fsp3) is 0.571.